The van der Waals surface area contributed by atoms with Gasteiger partial charge in [-0.15, -0.1) is 0 Å². The fourth-order valence-corrected chi connectivity index (χ4v) is 9.56. The van der Waals surface area contributed by atoms with Crippen LogP contribution in [0.15, 0.2) is 163 Å². The highest BCUT2D eigenvalue weighted by molar-refractivity contribution is 6.28. The van der Waals surface area contributed by atoms with E-state index in [1.165, 1.54) is 83.3 Å². The molecular weight excluding hydrogens is 729 g/mol. The van der Waals surface area contributed by atoms with Gasteiger partial charge in [-0.2, -0.15) is 0 Å². The lowest BCUT2D eigenvalue weighted by Crippen LogP contribution is -2.18. The summed E-state index contributed by atoms with van der Waals surface area (Å²) in [6, 6.07) is 52.4. The van der Waals surface area contributed by atoms with Crippen molar-refractivity contribution in [1.82, 2.24) is 4.57 Å². The highest BCUT2D eigenvalue weighted by Crippen LogP contribution is 2.52. The van der Waals surface area contributed by atoms with Gasteiger partial charge in [-0.25, -0.2) is 0 Å². The second kappa shape index (κ2) is 14.1. The monoisotopic (exact) mass is 782 g/mol. The molecule has 0 amide bonds. The Labute approximate surface area is 355 Å². The first kappa shape index (κ1) is 37.7. The molecule has 298 valence electrons. The molecule has 0 radical (unpaired) electrons. The van der Waals surface area contributed by atoms with E-state index in [0.717, 1.165) is 29.9 Å². The Morgan fingerprint density at radius 1 is 0.483 bits per heavy atom. The van der Waals surface area contributed by atoms with Gasteiger partial charge in [-0.1, -0.05) is 120 Å². The van der Waals surface area contributed by atoms with Crippen LogP contribution in [0.25, 0.3) is 43.7 Å². The summed E-state index contributed by atoms with van der Waals surface area (Å²) in [6.07, 6.45) is 8.80. The Kier molecular flexibility index (Phi) is 8.84. The van der Waals surface area contributed by atoms with Gasteiger partial charge < -0.3 is 19.3 Å². The first-order valence-corrected chi connectivity index (χ1v) is 21.4. The van der Waals surface area contributed by atoms with Gasteiger partial charge in [0.25, 0.3) is 0 Å². The van der Waals surface area contributed by atoms with Crippen molar-refractivity contribution in [2.24, 2.45) is 7.05 Å². The van der Waals surface area contributed by atoms with Crippen molar-refractivity contribution < 1.29 is 0 Å². The van der Waals surface area contributed by atoms with Crippen molar-refractivity contribution in [2.45, 2.75) is 65.2 Å². The molecule has 4 nitrogen and oxygen atoms in total. The summed E-state index contributed by atoms with van der Waals surface area (Å²) in [5.41, 5.74) is 17.4. The van der Waals surface area contributed by atoms with E-state index in [0.29, 0.717) is 0 Å². The number of rotatable bonds is 6. The van der Waals surface area contributed by atoms with Crippen LogP contribution in [0, 0.1) is 0 Å². The van der Waals surface area contributed by atoms with Crippen LogP contribution in [0.1, 0.15) is 65.5 Å². The molecule has 0 saturated carbocycles. The minimum absolute atomic E-state index is 0.0841. The molecule has 60 heavy (non-hydrogen) atoms. The maximum absolute atomic E-state index is 2.46. The molecule has 0 atom stereocenters. The molecule has 0 bridgehead atoms. The van der Waals surface area contributed by atoms with Crippen LogP contribution in [0.3, 0.4) is 0 Å². The Morgan fingerprint density at radius 2 is 1.10 bits per heavy atom. The quantitative estimate of drug-likeness (QED) is 0.167. The zero-order valence-corrected chi connectivity index (χ0v) is 36.2. The number of hydrogen-bond donors (Lipinski definition) is 0. The predicted octanol–water partition coefficient (Wildman–Crippen LogP) is 15.7. The summed E-state index contributed by atoms with van der Waals surface area (Å²) in [7, 11) is 4.46. The van der Waals surface area contributed by atoms with E-state index >= 15 is 0 Å². The molecule has 0 saturated heterocycles. The molecule has 1 aromatic heterocycles. The van der Waals surface area contributed by atoms with Crippen LogP contribution in [0.5, 0.6) is 0 Å². The summed E-state index contributed by atoms with van der Waals surface area (Å²) in [4.78, 5) is 7.23. The number of anilines is 7. The largest absolute Gasteiger partial charge is 0.344 e. The van der Waals surface area contributed by atoms with E-state index < -0.39 is 0 Å². The van der Waals surface area contributed by atoms with E-state index in [1.807, 2.05) is 0 Å². The third-order valence-corrected chi connectivity index (χ3v) is 12.9. The third kappa shape index (κ3) is 6.20. The number of hydrogen-bond acceptors (Lipinski definition) is 3. The Morgan fingerprint density at radius 3 is 1.75 bits per heavy atom. The Hall–Kier alpha value is -6.52. The molecule has 8 aromatic rings. The zero-order chi connectivity index (χ0) is 41.5. The highest BCUT2D eigenvalue weighted by atomic mass is 15.2. The third-order valence-electron chi connectivity index (χ3n) is 12.9. The lowest BCUT2D eigenvalue weighted by molar-refractivity contribution is 0.590. The summed E-state index contributed by atoms with van der Waals surface area (Å²) < 4.78 is 2.41. The minimum atomic E-state index is 0.0841. The predicted molar refractivity (Wildman–Crippen MR) is 259 cm³/mol. The lowest BCUT2D eigenvalue weighted by Gasteiger charge is -2.33. The van der Waals surface area contributed by atoms with Crippen LogP contribution in [0.2, 0.25) is 0 Å². The maximum atomic E-state index is 2.46. The smallest absolute Gasteiger partial charge is 0.0510 e. The van der Waals surface area contributed by atoms with Crippen molar-refractivity contribution in [3.63, 3.8) is 0 Å². The van der Waals surface area contributed by atoms with Crippen molar-refractivity contribution in [3.05, 3.63) is 175 Å². The number of aryl methyl sites for hydroxylation is 1. The SMILES string of the molecule is CN1c2cc(N(c3ccccc3)c3ccc(C(C)(C)C)cc3)ccc2-c2cc3c(c4cccc1c24)c1ccc(N(C2=CC=CCC2)c2ccc(C(C)(C)C)cc2)cc1n3C. The maximum Gasteiger partial charge on any atom is 0.0510 e. The Balaban J connectivity index is 1.12. The molecule has 4 heteroatoms. The number of benzene rings is 7. The molecule has 10 rings (SSSR count). The summed E-state index contributed by atoms with van der Waals surface area (Å²) in [6.45, 7) is 13.7. The molecule has 2 heterocycles. The molecule has 0 spiro atoms. The molecule has 0 unspecified atom stereocenters. The molecule has 2 aliphatic rings. The van der Waals surface area contributed by atoms with Gasteiger partial charge >= 0.3 is 0 Å². The van der Waals surface area contributed by atoms with Gasteiger partial charge in [-0.3, -0.25) is 0 Å². The van der Waals surface area contributed by atoms with Crippen LogP contribution < -0.4 is 14.7 Å². The zero-order valence-electron chi connectivity index (χ0n) is 36.2. The molecule has 0 N–H and O–H groups in total. The van der Waals surface area contributed by atoms with E-state index in [2.05, 4.69) is 233 Å². The fraction of sp³-hybridized carbons (Fsp3) is 0.214. The van der Waals surface area contributed by atoms with E-state index in [4.69, 9.17) is 0 Å². The van der Waals surface area contributed by atoms with Crippen LogP contribution in [-0.4, -0.2) is 11.6 Å². The molecule has 1 aliphatic carbocycles. The van der Waals surface area contributed by atoms with Gasteiger partial charge in [0.15, 0.2) is 0 Å². The van der Waals surface area contributed by atoms with Gasteiger partial charge in [0, 0.05) is 75.6 Å². The number of fused-ring (bicyclic) bond motifs is 6. The normalized spacial score (nSPS) is 13.9. The second-order valence-electron chi connectivity index (χ2n) is 18.8. The topological polar surface area (TPSA) is 14.7 Å². The molecule has 7 aromatic carbocycles. The summed E-state index contributed by atoms with van der Waals surface area (Å²) >= 11 is 0. The van der Waals surface area contributed by atoms with E-state index in [1.54, 1.807) is 0 Å². The standard InChI is InChI=1S/C56H54N4/c1-55(2,3)37-22-26-41(27-23-37)59(39-16-11-9-12-17-39)43-30-32-45-48-36-52-53(47-20-15-21-49(54(47)48)57(7)50(45)34-43)46-33-31-44(35-51(46)58(52)8)60(40-18-13-10-14-19-40)42-28-24-38(25-29-42)56(4,5)6/h9-13,15-18,20-36H,14,19H2,1-8H3. The van der Waals surface area contributed by atoms with Crippen LogP contribution in [0.4, 0.5) is 39.8 Å². The number of nitrogens with zero attached hydrogens (tertiary/aromatic N) is 4. The van der Waals surface area contributed by atoms with Gasteiger partial charge in [0.05, 0.1) is 16.7 Å². The highest BCUT2D eigenvalue weighted by Gasteiger charge is 2.28. The van der Waals surface area contributed by atoms with E-state index in [9.17, 15) is 0 Å². The molecule has 1 aliphatic heterocycles. The van der Waals surface area contributed by atoms with Crippen LogP contribution >= 0.6 is 0 Å². The van der Waals surface area contributed by atoms with Gasteiger partial charge in [-0.05, 0) is 125 Å². The first-order chi connectivity index (χ1) is 28.9. The fourth-order valence-electron chi connectivity index (χ4n) is 9.56. The second-order valence-corrected chi connectivity index (χ2v) is 18.8. The number of aromatic nitrogens is 1. The number of para-hydroxylation sites is 1. The van der Waals surface area contributed by atoms with Crippen molar-refractivity contribution in [3.8, 4) is 11.1 Å². The van der Waals surface area contributed by atoms with Crippen molar-refractivity contribution in [1.29, 1.82) is 0 Å². The van der Waals surface area contributed by atoms with Gasteiger partial charge in [0.1, 0.15) is 0 Å². The first-order valence-electron chi connectivity index (χ1n) is 21.4. The summed E-state index contributed by atoms with van der Waals surface area (Å²) in [5.74, 6) is 0. The average Bonchev–Trinajstić information content (AvgIpc) is 3.53. The lowest BCUT2D eigenvalue weighted by atomic mass is 9.87. The Bertz CT molecular complexity index is 3010. The van der Waals surface area contributed by atoms with Crippen molar-refractivity contribution >= 4 is 72.4 Å². The van der Waals surface area contributed by atoms with Crippen molar-refractivity contribution in [2.75, 3.05) is 21.7 Å². The van der Waals surface area contributed by atoms with E-state index in [-0.39, 0.29) is 10.8 Å². The molecular formula is C56H54N4. The van der Waals surface area contributed by atoms with Crippen LogP contribution in [-0.2, 0) is 17.9 Å². The molecule has 0 fully saturated rings. The average molecular weight is 783 g/mol. The van der Waals surface area contributed by atoms with Gasteiger partial charge in [0.2, 0.25) is 0 Å². The minimum Gasteiger partial charge on any atom is -0.344 e. The number of allylic oxidation sites excluding steroid dienone is 4. The summed E-state index contributed by atoms with van der Waals surface area (Å²) in [5, 5.41) is 5.18.